The maximum Gasteiger partial charge on any atom is 0.261 e. The van der Waals surface area contributed by atoms with Crippen LogP contribution in [0, 0.1) is 0 Å². The molecule has 5 aromatic carbocycles. The monoisotopic (exact) mass is 635 g/mol. The molecule has 8 heteroatoms. The Morgan fingerprint density at radius 2 is 1.35 bits per heavy atom. The quantitative estimate of drug-likeness (QED) is 0.177. The Morgan fingerprint density at radius 3 is 2.08 bits per heavy atom. The number of benzene rings is 5. The van der Waals surface area contributed by atoms with Crippen LogP contribution in [0.1, 0.15) is 61.8 Å². The van der Waals surface area contributed by atoms with Gasteiger partial charge >= 0.3 is 0 Å². The highest BCUT2D eigenvalue weighted by atomic mass is 16.7. The second-order valence-electron chi connectivity index (χ2n) is 12.3. The van der Waals surface area contributed by atoms with Crippen molar-refractivity contribution in [2.45, 2.75) is 44.6 Å². The van der Waals surface area contributed by atoms with E-state index in [2.05, 4.69) is 15.6 Å². The van der Waals surface area contributed by atoms with E-state index in [9.17, 15) is 14.7 Å². The Hall–Kier alpha value is -5.41. The largest absolute Gasteiger partial charge is 0.392 e. The molecule has 2 aliphatic rings. The van der Waals surface area contributed by atoms with Gasteiger partial charge in [0, 0.05) is 12.0 Å². The number of rotatable bonds is 8. The van der Waals surface area contributed by atoms with Crippen LogP contribution in [0.4, 0.5) is 0 Å². The van der Waals surface area contributed by atoms with E-state index in [-0.39, 0.29) is 37.2 Å². The van der Waals surface area contributed by atoms with Crippen molar-refractivity contribution in [2.24, 2.45) is 0 Å². The fraction of sp³-hybridized carbons (Fsp3) is 0.175. The average molecular weight is 636 g/mol. The predicted molar refractivity (Wildman–Crippen MR) is 181 cm³/mol. The van der Waals surface area contributed by atoms with Crippen LogP contribution < -0.4 is 0 Å². The Bertz CT molecular complexity index is 2090. The molecule has 8 nitrogen and oxygen atoms in total. The van der Waals surface area contributed by atoms with E-state index >= 15 is 0 Å². The van der Waals surface area contributed by atoms with E-state index < -0.39 is 6.29 Å². The Labute approximate surface area is 277 Å². The molecule has 238 valence electrons. The molecule has 3 atom stereocenters. The van der Waals surface area contributed by atoms with Gasteiger partial charge in [-0.3, -0.25) is 14.5 Å². The van der Waals surface area contributed by atoms with Gasteiger partial charge in [0.25, 0.3) is 11.8 Å². The standard InChI is InChI=1S/C40H33N3O5/c44-24-26-13-15-28(16-14-26)37-21-31(23-42-25-41-35-11-5-6-12-36(35)42)47-40(48-37)29-19-17-27(18-20-29)32-8-2-1-7-30(32)22-43-38(45)33-9-3-4-10-34(33)39(43)46/h1-20,25,31,37,40,44H,21-24H2/t31-,37+,40+/m0/s1. The van der Waals surface area contributed by atoms with Crippen LogP contribution in [0.15, 0.2) is 128 Å². The first kappa shape index (κ1) is 30.0. The smallest absolute Gasteiger partial charge is 0.261 e. The molecule has 1 saturated heterocycles. The van der Waals surface area contributed by atoms with Crippen molar-refractivity contribution in [3.63, 3.8) is 0 Å². The number of amides is 2. The molecule has 1 aromatic heterocycles. The molecular weight excluding hydrogens is 602 g/mol. The van der Waals surface area contributed by atoms with E-state index in [0.717, 1.165) is 44.4 Å². The summed E-state index contributed by atoms with van der Waals surface area (Å²) in [5.74, 6) is -0.544. The Morgan fingerprint density at radius 1 is 0.708 bits per heavy atom. The van der Waals surface area contributed by atoms with Crippen LogP contribution in [0.2, 0.25) is 0 Å². The SMILES string of the molecule is O=C1c2ccccc2C(=O)N1Cc1ccccc1-c1ccc([C@@H]2O[C@H](Cn3cnc4ccccc43)C[C@H](c3ccc(CO)cc3)O2)cc1. The fourth-order valence-electron chi connectivity index (χ4n) is 6.72. The van der Waals surface area contributed by atoms with Crippen molar-refractivity contribution in [1.82, 2.24) is 14.5 Å². The summed E-state index contributed by atoms with van der Waals surface area (Å²) >= 11 is 0. The van der Waals surface area contributed by atoms with Crippen LogP contribution in [0.3, 0.4) is 0 Å². The van der Waals surface area contributed by atoms with E-state index in [0.29, 0.717) is 24.1 Å². The minimum atomic E-state index is -0.608. The lowest BCUT2D eigenvalue weighted by Crippen LogP contribution is -2.32. The van der Waals surface area contributed by atoms with E-state index in [4.69, 9.17) is 9.47 Å². The molecule has 0 aliphatic carbocycles. The van der Waals surface area contributed by atoms with Gasteiger partial charge in [-0.1, -0.05) is 97.1 Å². The van der Waals surface area contributed by atoms with Crippen LogP contribution in [-0.2, 0) is 29.2 Å². The number of ether oxygens (including phenoxy) is 2. The van der Waals surface area contributed by atoms with Gasteiger partial charge < -0.3 is 19.1 Å². The van der Waals surface area contributed by atoms with E-state index in [1.165, 1.54) is 4.90 Å². The second-order valence-corrected chi connectivity index (χ2v) is 12.3. The summed E-state index contributed by atoms with van der Waals surface area (Å²) in [6, 6.07) is 38.8. The molecule has 8 rings (SSSR count). The lowest BCUT2D eigenvalue weighted by molar-refractivity contribution is -0.252. The fourth-order valence-corrected chi connectivity index (χ4v) is 6.72. The van der Waals surface area contributed by atoms with Gasteiger partial charge in [-0.15, -0.1) is 0 Å². The number of aliphatic hydroxyl groups is 1. The van der Waals surface area contributed by atoms with Crippen molar-refractivity contribution >= 4 is 22.8 Å². The molecule has 3 heterocycles. The van der Waals surface area contributed by atoms with Crippen LogP contribution in [0.5, 0.6) is 0 Å². The maximum atomic E-state index is 13.1. The predicted octanol–water partition coefficient (Wildman–Crippen LogP) is 7.24. The van der Waals surface area contributed by atoms with E-state index in [1.54, 1.807) is 24.3 Å². The summed E-state index contributed by atoms with van der Waals surface area (Å²) in [7, 11) is 0. The molecule has 1 N–H and O–H groups in total. The minimum Gasteiger partial charge on any atom is -0.392 e. The zero-order valence-electron chi connectivity index (χ0n) is 26.1. The summed E-state index contributed by atoms with van der Waals surface area (Å²) in [5, 5.41) is 9.56. The number of para-hydroxylation sites is 2. The van der Waals surface area contributed by atoms with Crippen molar-refractivity contribution in [1.29, 1.82) is 0 Å². The second kappa shape index (κ2) is 12.7. The van der Waals surface area contributed by atoms with Crippen molar-refractivity contribution in [3.8, 4) is 11.1 Å². The van der Waals surface area contributed by atoms with Gasteiger partial charge in [0.2, 0.25) is 0 Å². The lowest BCUT2D eigenvalue weighted by atomic mass is 9.97. The highest BCUT2D eigenvalue weighted by Crippen LogP contribution is 2.39. The summed E-state index contributed by atoms with van der Waals surface area (Å²) < 4.78 is 15.3. The molecule has 2 aliphatic heterocycles. The number of imide groups is 1. The van der Waals surface area contributed by atoms with Gasteiger partial charge in [0.1, 0.15) is 0 Å². The van der Waals surface area contributed by atoms with Gasteiger partial charge in [-0.05, 0) is 52.1 Å². The number of carbonyl (C=O) groups excluding carboxylic acids is 2. The normalized spacial score (nSPS) is 19.2. The molecular formula is C40H33N3O5. The first-order valence-electron chi connectivity index (χ1n) is 16.1. The van der Waals surface area contributed by atoms with Crippen molar-refractivity contribution in [3.05, 3.63) is 161 Å². The molecule has 6 aromatic rings. The third kappa shape index (κ3) is 5.60. The van der Waals surface area contributed by atoms with Crippen LogP contribution >= 0.6 is 0 Å². The van der Waals surface area contributed by atoms with Gasteiger partial charge in [0.05, 0.1) is 60.4 Å². The maximum absolute atomic E-state index is 13.1. The average Bonchev–Trinajstić information content (AvgIpc) is 3.66. The number of hydrogen-bond acceptors (Lipinski definition) is 6. The van der Waals surface area contributed by atoms with Crippen molar-refractivity contribution in [2.75, 3.05) is 0 Å². The number of fused-ring (bicyclic) bond motifs is 2. The summed E-state index contributed by atoms with van der Waals surface area (Å²) in [6.07, 6.45) is 1.55. The summed E-state index contributed by atoms with van der Waals surface area (Å²) in [6.45, 7) is 0.789. The van der Waals surface area contributed by atoms with E-state index in [1.807, 2.05) is 97.3 Å². The van der Waals surface area contributed by atoms with Crippen LogP contribution in [-0.4, -0.2) is 37.5 Å². The molecule has 0 bridgehead atoms. The molecule has 0 radical (unpaired) electrons. The number of hydrogen-bond donors (Lipinski definition) is 1. The van der Waals surface area contributed by atoms with Gasteiger partial charge in [-0.25, -0.2) is 4.98 Å². The highest BCUT2D eigenvalue weighted by molar-refractivity contribution is 6.21. The van der Waals surface area contributed by atoms with Gasteiger partial charge in [-0.2, -0.15) is 0 Å². The lowest BCUT2D eigenvalue weighted by Gasteiger charge is -2.36. The molecule has 0 unspecified atom stereocenters. The number of aromatic nitrogens is 2. The van der Waals surface area contributed by atoms with Crippen molar-refractivity contribution < 1.29 is 24.2 Å². The Kier molecular flexibility index (Phi) is 7.90. The molecule has 1 fully saturated rings. The zero-order chi connectivity index (χ0) is 32.6. The number of nitrogens with zero attached hydrogens (tertiary/aromatic N) is 3. The third-order valence-corrected chi connectivity index (χ3v) is 9.26. The third-order valence-electron chi connectivity index (χ3n) is 9.26. The van der Waals surface area contributed by atoms with Gasteiger partial charge in [0.15, 0.2) is 6.29 Å². The first-order chi connectivity index (χ1) is 23.6. The Balaban J connectivity index is 1.05. The molecule has 0 saturated carbocycles. The number of aliphatic hydroxyl groups excluding tert-OH is 1. The number of carbonyl (C=O) groups is 2. The topological polar surface area (TPSA) is 93.9 Å². The zero-order valence-corrected chi connectivity index (χ0v) is 26.1. The van der Waals surface area contributed by atoms with Crippen LogP contribution in [0.25, 0.3) is 22.2 Å². The summed E-state index contributed by atoms with van der Waals surface area (Å²) in [4.78, 5) is 32.1. The first-order valence-corrected chi connectivity index (χ1v) is 16.1. The molecule has 0 spiro atoms. The number of imidazole rings is 1. The minimum absolute atomic E-state index is 0.0123. The molecule has 2 amide bonds. The highest BCUT2D eigenvalue weighted by Gasteiger charge is 2.36. The summed E-state index contributed by atoms with van der Waals surface area (Å²) in [5.41, 5.74) is 8.42. The molecule has 48 heavy (non-hydrogen) atoms.